The van der Waals surface area contributed by atoms with Crippen molar-refractivity contribution in [2.45, 2.75) is 19.8 Å². The van der Waals surface area contributed by atoms with Crippen LogP contribution in [0.2, 0.25) is 0 Å². The number of nitrogens with zero attached hydrogens (tertiary/aromatic N) is 1. The van der Waals surface area contributed by atoms with E-state index in [0.29, 0.717) is 19.8 Å². The number of urea groups is 1. The smallest absolute Gasteiger partial charge is 0.323 e. The number of nitrogens with two attached hydrogens (primary N) is 1. The van der Waals surface area contributed by atoms with Gasteiger partial charge in [-0.15, -0.1) is 0 Å². The number of carboxylic acids is 1. The minimum atomic E-state index is -1.20. The van der Waals surface area contributed by atoms with E-state index in [1.54, 1.807) is 0 Å². The molecule has 20 heavy (non-hydrogen) atoms. The zero-order valence-electron chi connectivity index (χ0n) is 11.6. The Morgan fingerprint density at radius 2 is 1.90 bits per heavy atom. The van der Waals surface area contributed by atoms with E-state index in [4.69, 9.17) is 15.6 Å². The zero-order valence-corrected chi connectivity index (χ0v) is 11.6. The third-order valence-electron chi connectivity index (χ3n) is 3.33. The largest absolute Gasteiger partial charge is 0.480 e. The van der Waals surface area contributed by atoms with Crippen LogP contribution in [0.5, 0.6) is 0 Å². The normalized spacial score (nSPS) is 17.2. The number of carbonyl (C=O) groups is 3. The molecule has 0 aromatic heterocycles. The van der Waals surface area contributed by atoms with Crippen LogP contribution in [0, 0.1) is 5.41 Å². The maximum Gasteiger partial charge on any atom is 0.323 e. The number of nitrogens with one attached hydrogen (secondary N) is 1. The highest BCUT2D eigenvalue weighted by atomic mass is 16.5. The molecule has 8 heteroatoms. The molecule has 0 unspecified atom stereocenters. The third-order valence-corrected chi connectivity index (χ3v) is 3.33. The predicted octanol–water partition coefficient (Wildman–Crippen LogP) is -0.615. The maximum absolute atomic E-state index is 11.9. The minimum absolute atomic E-state index is 0.0739. The SMILES string of the molecule is CC1(CNC(=O)N(CC(N)=O)CC(=O)O)CCOCC1. The number of amides is 3. The van der Waals surface area contributed by atoms with Crippen LogP contribution < -0.4 is 11.1 Å². The van der Waals surface area contributed by atoms with E-state index >= 15 is 0 Å². The van der Waals surface area contributed by atoms with Crippen molar-refractivity contribution in [2.75, 3.05) is 32.8 Å². The van der Waals surface area contributed by atoms with Gasteiger partial charge >= 0.3 is 12.0 Å². The Hall–Kier alpha value is -1.83. The summed E-state index contributed by atoms with van der Waals surface area (Å²) >= 11 is 0. The van der Waals surface area contributed by atoms with E-state index in [1.807, 2.05) is 6.92 Å². The lowest BCUT2D eigenvalue weighted by molar-refractivity contribution is -0.137. The van der Waals surface area contributed by atoms with Gasteiger partial charge < -0.3 is 25.8 Å². The molecular weight excluding hydrogens is 266 g/mol. The topological polar surface area (TPSA) is 122 Å². The summed E-state index contributed by atoms with van der Waals surface area (Å²) in [6.45, 7) is 2.75. The van der Waals surface area contributed by atoms with Crippen LogP contribution in [-0.4, -0.2) is 60.8 Å². The summed E-state index contributed by atoms with van der Waals surface area (Å²) in [6.07, 6.45) is 1.64. The Kier molecular flexibility index (Phi) is 5.75. The van der Waals surface area contributed by atoms with Crippen LogP contribution in [0.15, 0.2) is 0 Å². The molecule has 1 saturated heterocycles. The van der Waals surface area contributed by atoms with Crippen LogP contribution >= 0.6 is 0 Å². The predicted molar refractivity (Wildman–Crippen MR) is 70.0 cm³/mol. The molecule has 0 radical (unpaired) electrons. The van der Waals surface area contributed by atoms with Gasteiger partial charge in [0.05, 0.1) is 0 Å². The van der Waals surface area contributed by atoms with E-state index in [-0.39, 0.29) is 5.41 Å². The number of aliphatic carboxylic acids is 1. The number of ether oxygens (including phenoxy) is 1. The molecule has 1 rings (SSSR count). The molecule has 4 N–H and O–H groups in total. The molecule has 3 amide bonds. The summed E-state index contributed by atoms with van der Waals surface area (Å²) in [5, 5.41) is 11.4. The molecule has 0 bridgehead atoms. The average molecular weight is 287 g/mol. The van der Waals surface area contributed by atoms with Crippen molar-refractivity contribution in [2.24, 2.45) is 11.1 Å². The van der Waals surface area contributed by atoms with Gasteiger partial charge in [-0.05, 0) is 18.3 Å². The summed E-state index contributed by atoms with van der Waals surface area (Å²) in [5.74, 6) is -1.95. The second kappa shape index (κ2) is 7.09. The van der Waals surface area contributed by atoms with E-state index in [9.17, 15) is 14.4 Å². The molecule has 0 saturated carbocycles. The summed E-state index contributed by atoms with van der Waals surface area (Å²) in [4.78, 5) is 34.3. The number of hydrogen-bond donors (Lipinski definition) is 3. The molecular formula is C12H21N3O5. The monoisotopic (exact) mass is 287 g/mol. The quantitative estimate of drug-likeness (QED) is 0.601. The molecule has 1 fully saturated rings. The molecule has 0 aliphatic carbocycles. The fraction of sp³-hybridized carbons (Fsp3) is 0.750. The van der Waals surface area contributed by atoms with Crippen molar-refractivity contribution >= 4 is 17.9 Å². The Bertz CT molecular complexity index is 363. The Labute approximate surface area is 117 Å². The summed E-state index contributed by atoms with van der Waals surface area (Å²) in [5.41, 5.74) is 4.93. The van der Waals surface area contributed by atoms with Crippen molar-refractivity contribution < 1.29 is 24.2 Å². The van der Waals surface area contributed by atoms with Gasteiger partial charge in [0.2, 0.25) is 5.91 Å². The van der Waals surface area contributed by atoms with Gasteiger partial charge in [0.15, 0.2) is 0 Å². The first-order chi connectivity index (χ1) is 9.32. The highest BCUT2D eigenvalue weighted by Crippen LogP contribution is 2.28. The van der Waals surface area contributed by atoms with Gasteiger partial charge in [0.1, 0.15) is 13.1 Å². The zero-order chi connectivity index (χ0) is 15.2. The first kappa shape index (κ1) is 16.2. The van der Waals surface area contributed by atoms with E-state index < -0.39 is 31.0 Å². The van der Waals surface area contributed by atoms with Crippen LogP contribution in [-0.2, 0) is 14.3 Å². The average Bonchev–Trinajstić information content (AvgIpc) is 2.35. The van der Waals surface area contributed by atoms with Crippen molar-refractivity contribution in [1.82, 2.24) is 10.2 Å². The molecule has 1 heterocycles. The number of carboxylic acid groups (broad SMARTS) is 1. The van der Waals surface area contributed by atoms with Crippen LogP contribution in [0.1, 0.15) is 19.8 Å². The second-order valence-electron chi connectivity index (χ2n) is 5.30. The van der Waals surface area contributed by atoms with E-state index in [1.165, 1.54) is 0 Å². The van der Waals surface area contributed by atoms with Crippen molar-refractivity contribution in [3.05, 3.63) is 0 Å². The van der Waals surface area contributed by atoms with Gasteiger partial charge in [-0.1, -0.05) is 6.92 Å². The molecule has 1 aliphatic heterocycles. The molecule has 0 aromatic rings. The Morgan fingerprint density at radius 1 is 1.30 bits per heavy atom. The first-order valence-electron chi connectivity index (χ1n) is 6.43. The lowest BCUT2D eigenvalue weighted by Crippen LogP contribution is -2.49. The third kappa shape index (κ3) is 5.43. The van der Waals surface area contributed by atoms with Crippen molar-refractivity contribution in [1.29, 1.82) is 0 Å². The van der Waals surface area contributed by atoms with Crippen LogP contribution in [0.25, 0.3) is 0 Å². The van der Waals surface area contributed by atoms with Crippen molar-refractivity contribution in [3.63, 3.8) is 0 Å². The minimum Gasteiger partial charge on any atom is -0.480 e. The maximum atomic E-state index is 11.9. The lowest BCUT2D eigenvalue weighted by atomic mass is 9.82. The van der Waals surface area contributed by atoms with Gasteiger partial charge in [-0.3, -0.25) is 9.59 Å². The fourth-order valence-corrected chi connectivity index (χ4v) is 1.99. The second-order valence-corrected chi connectivity index (χ2v) is 5.30. The number of primary amides is 1. The lowest BCUT2D eigenvalue weighted by Gasteiger charge is -2.34. The van der Waals surface area contributed by atoms with E-state index in [2.05, 4.69) is 5.32 Å². The molecule has 0 spiro atoms. The van der Waals surface area contributed by atoms with Gasteiger partial charge in [-0.25, -0.2) is 4.79 Å². The molecule has 0 aromatic carbocycles. The van der Waals surface area contributed by atoms with Crippen LogP contribution in [0.4, 0.5) is 4.79 Å². The fourth-order valence-electron chi connectivity index (χ4n) is 1.99. The Morgan fingerprint density at radius 3 is 2.40 bits per heavy atom. The number of rotatable bonds is 6. The van der Waals surface area contributed by atoms with Gasteiger partial charge in [0, 0.05) is 19.8 Å². The van der Waals surface area contributed by atoms with Gasteiger partial charge in [0.25, 0.3) is 0 Å². The molecule has 0 atom stereocenters. The highest BCUT2D eigenvalue weighted by Gasteiger charge is 2.29. The summed E-state index contributed by atoms with van der Waals surface area (Å²) in [7, 11) is 0. The Balaban J connectivity index is 2.52. The highest BCUT2D eigenvalue weighted by molar-refractivity contribution is 5.85. The summed E-state index contributed by atoms with van der Waals surface area (Å²) in [6, 6.07) is -0.598. The summed E-state index contributed by atoms with van der Waals surface area (Å²) < 4.78 is 5.26. The standard InChI is InChI=1S/C12H21N3O5/c1-12(2-4-20-5-3-12)8-14-11(19)15(6-9(13)16)7-10(17)18/h2-8H2,1H3,(H2,13,16)(H,14,19)(H,17,18). The number of carbonyl (C=O) groups excluding carboxylic acids is 2. The molecule has 1 aliphatic rings. The van der Waals surface area contributed by atoms with Crippen LogP contribution in [0.3, 0.4) is 0 Å². The molecule has 8 nitrogen and oxygen atoms in total. The first-order valence-corrected chi connectivity index (χ1v) is 6.43. The van der Waals surface area contributed by atoms with E-state index in [0.717, 1.165) is 17.7 Å². The van der Waals surface area contributed by atoms with Gasteiger partial charge in [-0.2, -0.15) is 0 Å². The number of hydrogen-bond acceptors (Lipinski definition) is 4. The van der Waals surface area contributed by atoms with Crippen molar-refractivity contribution in [3.8, 4) is 0 Å². The molecule has 114 valence electrons.